The molecule has 0 aliphatic rings. The Morgan fingerprint density at radius 1 is 0.941 bits per heavy atom. The van der Waals surface area contributed by atoms with Gasteiger partial charge in [-0.3, -0.25) is 4.98 Å². The number of phenols is 1. The molecule has 6 heteroatoms. The number of nitrogens with zero attached hydrogens (tertiary/aromatic N) is 1. The molecule has 0 saturated heterocycles. The number of hydrogen-bond donors (Lipinski definition) is 1. The van der Waals surface area contributed by atoms with Crippen LogP contribution >= 0.6 is 0 Å². The van der Waals surface area contributed by atoms with Crippen molar-refractivity contribution in [3.63, 3.8) is 0 Å². The Morgan fingerprint density at radius 2 is 1.53 bits per heavy atom. The molecule has 0 radical (unpaired) electrons. The van der Waals surface area contributed by atoms with Gasteiger partial charge in [0.2, 0.25) is 11.6 Å². The van der Waals surface area contributed by atoms with Crippen molar-refractivity contribution in [2.24, 2.45) is 0 Å². The summed E-state index contributed by atoms with van der Waals surface area (Å²) in [6.07, 6.45) is 2.39. The summed E-state index contributed by atoms with van der Waals surface area (Å²) in [5.74, 6) is -8.65. The van der Waals surface area contributed by atoms with Crippen LogP contribution in [0.2, 0.25) is 0 Å². The van der Waals surface area contributed by atoms with Crippen LogP contribution in [0.3, 0.4) is 0 Å². The summed E-state index contributed by atoms with van der Waals surface area (Å²) >= 11 is 0. The van der Waals surface area contributed by atoms with Gasteiger partial charge in [0.25, 0.3) is 0 Å². The maximum Gasteiger partial charge on any atom is 0.204 e. The molecule has 0 saturated carbocycles. The van der Waals surface area contributed by atoms with Crippen LogP contribution in [0.1, 0.15) is 0 Å². The number of rotatable bonds is 1. The molecule has 88 valence electrons. The summed E-state index contributed by atoms with van der Waals surface area (Å²) in [7, 11) is 0. The van der Waals surface area contributed by atoms with E-state index in [0.717, 1.165) is 6.20 Å². The Hall–Kier alpha value is -2.11. The molecule has 0 unspecified atom stereocenters. The van der Waals surface area contributed by atoms with Crippen LogP contribution in [0, 0.1) is 23.3 Å². The van der Waals surface area contributed by atoms with E-state index in [1.165, 1.54) is 18.3 Å². The van der Waals surface area contributed by atoms with E-state index in [1.807, 2.05) is 0 Å². The first-order valence-corrected chi connectivity index (χ1v) is 4.49. The lowest BCUT2D eigenvalue weighted by Gasteiger charge is -2.08. The van der Waals surface area contributed by atoms with E-state index in [9.17, 15) is 17.6 Å². The molecule has 1 aromatic carbocycles. The first kappa shape index (κ1) is 11.4. The summed E-state index contributed by atoms with van der Waals surface area (Å²) in [5.41, 5.74) is -1.02. The first-order valence-electron chi connectivity index (χ1n) is 4.49. The third-order valence-corrected chi connectivity index (χ3v) is 2.19. The zero-order chi connectivity index (χ0) is 12.6. The number of halogens is 4. The summed E-state index contributed by atoms with van der Waals surface area (Å²) in [5, 5.41) is 8.79. The molecule has 1 heterocycles. The standard InChI is InChI=1S/C11H5F4NO/c12-7-6(5-2-1-3-16-4-5)8(13)10(15)11(17)9(7)14/h1-4,17H. The second-order valence-electron chi connectivity index (χ2n) is 3.22. The van der Waals surface area contributed by atoms with Gasteiger partial charge in [0.15, 0.2) is 17.4 Å². The summed E-state index contributed by atoms with van der Waals surface area (Å²) in [6.45, 7) is 0. The molecule has 0 amide bonds. The fourth-order valence-electron chi connectivity index (χ4n) is 1.38. The highest BCUT2D eigenvalue weighted by atomic mass is 19.2. The van der Waals surface area contributed by atoms with Gasteiger partial charge in [-0.25, -0.2) is 8.78 Å². The number of aromatic hydroxyl groups is 1. The van der Waals surface area contributed by atoms with Crippen LogP contribution in [0.15, 0.2) is 24.5 Å². The van der Waals surface area contributed by atoms with Gasteiger partial charge in [-0.1, -0.05) is 6.07 Å². The van der Waals surface area contributed by atoms with Gasteiger partial charge in [0.1, 0.15) is 0 Å². The Labute approximate surface area is 93.2 Å². The SMILES string of the molecule is Oc1c(F)c(F)c(-c2cccnc2)c(F)c1F. The number of aromatic nitrogens is 1. The van der Waals surface area contributed by atoms with Gasteiger partial charge in [-0.2, -0.15) is 8.78 Å². The van der Waals surface area contributed by atoms with E-state index in [1.54, 1.807) is 0 Å². The van der Waals surface area contributed by atoms with Crippen molar-refractivity contribution >= 4 is 0 Å². The second-order valence-corrected chi connectivity index (χ2v) is 3.22. The average molecular weight is 243 g/mol. The van der Waals surface area contributed by atoms with Crippen molar-refractivity contribution in [3.05, 3.63) is 47.8 Å². The van der Waals surface area contributed by atoms with Crippen molar-refractivity contribution in [3.8, 4) is 16.9 Å². The van der Waals surface area contributed by atoms with E-state index >= 15 is 0 Å². The first-order chi connectivity index (χ1) is 8.04. The predicted molar refractivity (Wildman–Crippen MR) is 51.2 cm³/mol. The molecule has 1 aromatic heterocycles. The zero-order valence-electron chi connectivity index (χ0n) is 8.22. The molecule has 2 aromatic rings. The zero-order valence-corrected chi connectivity index (χ0v) is 8.22. The summed E-state index contributed by atoms with van der Waals surface area (Å²) < 4.78 is 53.0. The van der Waals surface area contributed by atoms with Gasteiger partial charge >= 0.3 is 0 Å². The highest BCUT2D eigenvalue weighted by Gasteiger charge is 2.25. The van der Waals surface area contributed by atoms with Crippen molar-refractivity contribution in [1.82, 2.24) is 4.98 Å². The molecule has 0 atom stereocenters. The highest BCUT2D eigenvalue weighted by molar-refractivity contribution is 5.65. The minimum atomic E-state index is -1.83. The predicted octanol–water partition coefficient (Wildman–Crippen LogP) is 3.01. The fourth-order valence-corrected chi connectivity index (χ4v) is 1.38. The molecule has 0 aliphatic carbocycles. The molecule has 2 nitrogen and oxygen atoms in total. The lowest BCUT2D eigenvalue weighted by molar-refractivity contribution is 0.358. The second kappa shape index (κ2) is 4.04. The van der Waals surface area contributed by atoms with Gasteiger partial charge in [0, 0.05) is 18.0 Å². The molecule has 0 fully saturated rings. The van der Waals surface area contributed by atoms with Crippen molar-refractivity contribution < 1.29 is 22.7 Å². The normalized spacial score (nSPS) is 10.6. The van der Waals surface area contributed by atoms with Gasteiger partial charge in [-0.05, 0) is 6.07 Å². The van der Waals surface area contributed by atoms with Crippen molar-refractivity contribution in [1.29, 1.82) is 0 Å². The molecule has 17 heavy (non-hydrogen) atoms. The Kier molecular flexibility index (Phi) is 2.71. The van der Waals surface area contributed by atoms with Gasteiger partial charge in [-0.15, -0.1) is 0 Å². The van der Waals surface area contributed by atoms with Crippen LogP contribution in [0.25, 0.3) is 11.1 Å². The van der Waals surface area contributed by atoms with E-state index < -0.39 is 34.6 Å². The monoisotopic (exact) mass is 243 g/mol. The molecule has 0 aliphatic heterocycles. The number of pyridine rings is 1. The maximum atomic E-state index is 13.4. The largest absolute Gasteiger partial charge is 0.503 e. The highest BCUT2D eigenvalue weighted by Crippen LogP contribution is 2.34. The van der Waals surface area contributed by atoms with Crippen molar-refractivity contribution in [2.75, 3.05) is 0 Å². The third-order valence-electron chi connectivity index (χ3n) is 2.19. The summed E-state index contributed by atoms with van der Waals surface area (Å²) in [4.78, 5) is 3.58. The summed E-state index contributed by atoms with van der Waals surface area (Å²) in [6, 6.07) is 2.60. The fraction of sp³-hybridized carbons (Fsp3) is 0. The molecule has 0 bridgehead atoms. The van der Waals surface area contributed by atoms with E-state index in [4.69, 9.17) is 5.11 Å². The number of benzene rings is 1. The molecular formula is C11H5F4NO. The average Bonchev–Trinajstić information content (AvgIpc) is 2.36. The van der Waals surface area contributed by atoms with Crippen LogP contribution in [-0.4, -0.2) is 10.1 Å². The molecule has 0 spiro atoms. The van der Waals surface area contributed by atoms with Crippen molar-refractivity contribution in [2.45, 2.75) is 0 Å². The lowest BCUT2D eigenvalue weighted by atomic mass is 10.1. The minimum absolute atomic E-state index is 0.125. The van der Waals surface area contributed by atoms with E-state index in [-0.39, 0.29) is 5.56 Å². The van der Waals surface area contributed by atoms with Crippen LogP contribution in [0.5, 0.6) is 5.75 Å². The Bertz CT molecular complexity index is 542. The van der Waals surface area contributed by atoms with Gasteiger partial charge < -0.3 is 5.11 Å². The molecule has 1 N–H and O–H groups in total. The quantitative estimate of drug-likeness (QED) is 0.617. The Balaban J connectivity index is 2.80. The van der Waals surface area contributed by atoms with Crippen LogP contribution in [0.4, 0.5) is 17.6 Å². The van der Waals surface area contributed by atoms with E-state index in [2.05, 4.69) is 4.98 Å². The number of hydrogen-bond acceptors (Lipinski definition) is 2. The number of phenolic OH excluding ortho intramolecular Hbond substituents is 1. The minimum Gasteiger partial charge on any atom is -0.503 e. The molecule has 2 rings (SSSR count). The smallest absolute Gasteiger partial charge is 0.204 e. The topological polar surface area (TPSA) is 33.1 Å². The van der Waals surface area contributed by atoms with Gasteiger partial charge in [0.05, 0.1) is 5.56 Å². The maximum absolute atomic E-state index is 13.4. The third kappa shape index (κ3) is 1.71. The van der Waals surface area contributed by atoms with Crippen LogP contribution in [-0.2, 0) is 0 Å². The van der Waals surface area contributed by atoms with E-state index in [0.29, 0.717) is 0 Å². The van der Waals surface area contributed by atoms with Crippen LogP contribution < -0.4 is 0 Å². The molecular weight excluding hydrogens is 238 g/mol. The lowest BCUT2D eigenvalue weighted by Crippen LogP contribution is -2.00. The Morgan fingerprint density at radius 3 is 2.00 bits per heavy atom.